The number of aliphatic hydroxyl groups excluding tert-OH is 3. The molecule has 6 atom stereocenters. The second-order valence-corrected chi connectivity index (χ2v) is 8.37. The van der Waals surface area contributed by atoms with Gasteiger partial charge in [-0.15, -0.1) is 0 Å². The molecule has 0 aromatic rings. The summed E-state index contributed by atoms with van der Waals surface area (Å²) in [5, 5.41) is 29.8. The number of hydrogen-bond donors (Lipinski definition) is 3. The molecule has 2 aliphatic heterocycles. The fraction of sp³-hybridized carbons (Fsp3) is 0.882. The van der Waals surface area contributed by atoms with E-state index in [2.05, 4.69) is 0 Å². The van der Waals surface area contributed by atoms with E-state index in [0.717, 1.165) is 0 Å². The van der Waals surface area contributed by atoms with Crippen LogP contribution in [-0.2, 0) is 9.53 Å². The molecule has 0 unspecified atom stereocenters. The molecule has 2 saturated heterocycles. The van der Waals surface area contributed by atoms with E-state index in [4.69, 9.17) is 4.74 Å². The lowest BCUT2D eigenvalue weighted by molar-refractivity contribution is -0.230. The van der Waals surface area contributed by atoms with Crippen LogP contribution in [0.15, 0.2) is 0 Å². The second kappa shape index (κ2) is 5.64. The van der Waals surface area contributed by atoms with Gasteiger partial charge >= 0.3 is 6.03 Å². The summed E-state index contributed by atoms with van der Waals surface area (Å²) in [6, 6.07) is -0.957. The normalized spacial score (nSPS) is 42.4. The number of rotatable bonds is 3. The van der Waals surface area contributed by atoms with Gasteiger partial charge in [-0.05, 0) is 17.8 Å². The number of amides is 3. The lowest BCUT2D eigenvalue weighted by Crippen LogP contribution is -2.80. The Bertz CT molecular complexity index is 592. The summed E-state index contributed by atoms with van der Waals surface area (Å²) >= 11 is 0. The molecule has 0 spiro atoms. The molecule has 0 bridgehead atoms. The van der Waals surface area contributed by atoms with Gasteiger partial charge in [-0.25, -0.2) is 4.79 Å². The third kappa shape index (κ3) is 2.14. The Hall–Kier alpha value is -1.22. The Morgan fingerprint density at radius 3 is 2.16 bits per heavy atom. The minimum Gasteiger partial charge on any atom is -0.394 e. The predicted molar refractivity (Wildman–Crippen MR) is 87.2 cm³/mol. The van der Waals surface area contributed by atoms with Gasteiger partial charge in [-0.1, -0.05) is 27.7 Å². The number of carbonyl (C=O) groups excluding carboxylic acids is 2. The number of hydrogen-bond acceptors (Lipinski definition) is 6. The second-order valence-electron chi connectivity index (χ2n) is 8.37. The molecule has 8 heteroatoms. The molecule has 0 radical (unpaired) electrons. The van der Waals surface area contributed by atoms with Crippen molar-refractivity contribution < 1.29 is 29.6 Å². The molecular formula is C17H28N2O6. The molecule has 142 valence electrons. The molecule has 3 aliphatic rings. The van der Waals surface area contributed by atoms with Crippen LogP contribution in [0, 0.1) is 16.7 Å². The summed E-state index contributed by atoms with van der Waals surface area (Å²) in [6.45, 7) is 9.48. The molecule has 2 heterocycles. The highest BCUT2D eigenvalue weighted by molar-refractivity contribution is 6.00. The lowest BCUT2D eigenvalue weighted by atomic mass is 9.42. The summed E-state index contributed by atoms with van der Waals surface area (Å²) in [6.07, 6.45) is -4.68. The van der Waals surface area contributed by atoms with Crippen molar-refractivity contribution in [2.45, 2.75) is 65.2 Å². The summed E-state index contributed by atoms with van der Waals surface area (Å²) < 4.78 is 5.60. The first-order chi connectivity index (χ1) is 11.5. The smallest absolute Gasteiger partial charge is 0.329 e. The van der Waals surface area contributed by atoms with Crippen molar-refractivity contribution in [3.63, 3.8) is 0 Å². The Labute approximate surface area is 147 Å². The monoisotopic (exact) mass is 356 g/mol. The lowest BCUT2D eigenvalue weighted by Gasteiger charge is -2.69. The molecule has 3 N–H and O–H groups in total. The van der Waals surface area contributed by atoms with Crippen LogP contribution >= 0.6 is 0 Å². The molecule has 3 rings (SSSR count). The van der Waals surface area contributed by atoms with E-state index in [9.17, 15) is 24.9 Å². The highest BCUT2D eigenvalue weighted by Gasteiger charge is 2.72. The molecular weight excluding hydrogens is 328 g/mol. The van der Waals surface area contributed by atoms with Gasteiger partial charge in [0.15, 0.2) is 6.23 Å². The predicted octanol–water partition coefficient (Wildman–Crippen LogP) is -0.240. The fourth-order valence-corrected chi connectivity index (χ4v) is 4.64. The molecule has 0 aromatic heterocycles. The van der Waals surface area contributed by atoms with Gasteiger partial charge < -0.3 is 20.1 Å². The van der Waals surface area contributed by atoms with Crippen LogP contribution in [0.25, 0.3) is 0 Å². The van der Waals surface area contributed by atoms with Crippen LogP contribution in [0.3, 0.4) is 0 Å². The van der Waals surface area contributed by atoms with Crippen LogP contribution in [0.1, 0.15) is 34.6 Å². The van der Waals surface area contributed by atoms with E-state index in [-0.39, 0.29) is 23.3 Å². The SMILES string of the molecule is CCN1C(=O)[C@@H]2[C@H](N([C@@H]3O[C@H](CO)[C@@H](O)[C@H]3O)C1=O)C(C)(C)C2(C)C. The Kier molecular flexibility index (Phi) is 4.19. The number of urea groups is 1. The summed E-state index contributed by atoms with van der Waals surface area (Å²) in [5.41, 5.74) is -0.714. The van der Waals surface area contributed by atoms with Gasteiger partial charge in [0.2, 0.25) is 5.91 Å². The first-order valence-corrected chi connectivity index (χ1v) is 8.78. The van der Waals surface area contributed by atoms with Gasteiger partial charge in [0, 0.05) is 6.54 Å². The Morgan fingerprint density at radius 2 is 1.68 bits per heavy atom. The van der Waals surface area contributed by atoms with E-state index in [1.807, 2.05) is 27.7 Å². The molecule has 1 aliphatic carbocycles. The maximum Gasteiger partial charge on any atom is 0.329 e. The van der Waals surface area contributed by atoms with Gasteiger partial charge in [-0.2, -0.15) is 0 Å². The van der Waals surface area contributed by atoms with Gasteiger partial charge in [0.05, 0.1) is 18.6 Å². The van der Waals surface area contributed by atoms with E-state index in [0.29, 0.717) is 0 Å². The molecule has 1 saturated carbocycles. The van der Waals surface area contributed by atoms with E-state index >= 15 is 0 Å². The van der Waals surface area contributed by atoms with Crippen LogP contribution in [0.2, 0.25) is 0 Å². The van der Waals surface area contributed by atoms with E-state index in [1.165, 1.54) is 9.80 Å². The summed E-state index contributed by atoms with van der Waals surface area (Å²) in [4.78, 5) is 28.4. The van der Waals surface area contributed by atoms with E-state index in [1.54, 1.807) is 6.92 Å². The zero-order valence-electron chi connectivity index (χ0n) is 15.3. The van der Waals surface area contributed by atoms with Crippen LogP contribution in [-0.4, -0.2) is 80.8 Å². The van der Waals surface area contributed by atoms with Crippen LogP contribution < -0.4 is 0 Å². The number of nitrogens with zero attached hydrogens (tertiary/aromatic N) is 2. The van der Waals surface area contributed by atoms with Crippen molar-refractivity contribution in [3.8, 4) is 0 Å². The van der Waals surface area contributed by atoms with Crippen molar-refractivity contribution >= 4 is 11.9 Å². The number of ether oxygens (including phenoxy) is 1. The maximum atomic E-state index is 13.0. The van der Waals surface area contributed by atoms with E-state index < -0.39 is 49.1 Å². The molecule has 0 aromatic carbocycles. The maximum absolute atomic E-state index is 13.0. The van der Waals surface area contributed by atoms with Crippen molar-refractivity contribution in [2.24, 2.45) is 16.7 Å². The average molecular weight is 356 g/mol. The summed E-state index contributed by atoms with van der Waals surface area (Å²) in [7, 11) is 0. The minimum atomic E-state index is -1.34. The van der Waals surface area contributed by atoms with Crippen LogP contribution in [0.5, 0.6) is 0 Å². The topological polar surface area (TPSA) is 111 Å². The fourth-order valence-electron chi connectivity index (χ4n) is 4.64. The molecule has 3 amide bonds. The highest BCUT2D eigenvalue weighted by Crippen LogP contribution is 2.64. The van der Waals surface area contributed by atoms with Gasteiger partial charge in [-0.3, -0.25) is 14.6 Å². The minimum absolute atomic E-state index is 0.204. The molecule has 25 heavy (non-hydrogen) atoms. The van der Waals surface area contributed by atoms with Crippen molar-refractivity contribution in [2.75, 3.05) is 13.2 Å². The first-order valence-electron chi connectivity index (χ1n) is 8.78. The standard InChI is InChI=1S/C17H28N2O6/c1-6-18-13(23)9-12(17(4,5)16(9,2)3)19(15(18)24)14-11(22)10(21)8(7-20)25-14/h8-12,14,20-22H,6-7H2,1-5H3/t8-,9+,10-,11-,12+,14-/m1/s1. The largest absolute Gasteiger partial charge is 0.394 e. The Morgan fingerprint density at radius 1 is 1.08 bits per heavy atom. The number of aliphatic hydroxyl groups is 3. The van der Waals surface area contributed by atoms with Crippen molar-refractivity contribution in [1.82, 2.24) is 9.80 Å². The first kappa shape index (κ1) is 18.6. The van der Waals surface area contributed by atoms with Gasteiger partial charge in [0.25, 0.3) is 0 Å². The van der Waals surface area contributed by atoms with Gasteiger partial charge in [0.1, 0.15) is 18.3 Å². The number of carbonyl (C=O) groups is 2. The number of fused-ring (bicyclic) bond motifs is 1. The van der Waals surface area contributed by atoms with Crippen molar-refractivity contribution in [1.29, 1.82) is 0 Å². The zero-order valence-corrected chi connectivity index (χ0v) is 15.3. The third-order valence-corrected chi connectivity index (χ3v) is 6.88. The molecule has 3 fully saturated rings. The average Bonchev–Trinajstić information content (AvgIpc) is 2.82. The van der Waals surface area contributed by atoms with Crippen LogP contribution in [0.4, 0.5) is 4.79 Å². The Balaban J connectivity index is 2.02. The summed E-state index contributed by atoms with van der Waals surface area (Å²) in [5.74, 6) is -0.605. The zero-order chi connectivity index (χ0) is 18.9. The number of imide groups is 1. The van der Waals surface area contributed by atoms with Crippen molar-refractivity contribution in [3.05, 3.63) is 0 Å². The molecule has 8 nitrogen and oxygen atoms in total. The quantitative estimate of drug-likeness (QED) is 0.644. The highest BCUT2D eigenvalue weighted by atomic mass is 16.6. The third-order valence-electron chi connectivity index (χ3n) is 6.88.